The number of ether oxygens (including phenoxy) is 1. The molecule has 4 rings (SSSR count). The molecule has 1 aromatic carbocycles. The Labute approximate surface area is 148 Å². The minimum absolute atomic E-state index is 0.0222. The van der Waals surface area contributed by atoms with Crippen molar-refractivity contribution in [1.82, 2.24) is 15.1 Å². The highest BCUT2D eigenvalue weighted by molar-refractivity contribution is 5.92. The average molecular weight is 339 g/mol. The van der Waals surface area contributed by atoms with Gasteiger partial charge in [0.25, 0.3) is 5.91 Å². The Morgan fingerprint density at radius 2 is 2.04 bits per heavy atom. The lowest BCUT2D eigenvalue weighted by molar-refractivity contribution is 0.0359. The molecule has 2 aromatic rings. The van der Waals surface area contributed by atoms with E-state index < -0.39 is 0 Å². The molecule has 132 valence electrons. The van der Waals surface area contributed by atoms with E-state index >= 15 is 0 Å². The van der Waals surface area contributed by atoms with Gasteiger partial charge in [0.15, 0.2) is 0 Å². The van der Waals surface area contributed by atoms with Crippen LogP contribution in [0.3, 0.4) is 0 Å². The summed E-state index contributed by atoms with van der Waals surface area (Å²) in [6.07, 6.45) is 7.05. The molecule has 2 aliphatic rings. The molecular formula is C20H25N3O2. The van der Waals surface area contributed by atoms with Gasteiger partial charge in [0, 0.05) is 24.2 Å². The fourth-order valence-electron chi connectivity index (χ4n) is 4.21. The minimum atomic E-state index is -0.120. The second-order valence-electron chi connectivity index (χ2n) is 7.51. The van der Waals surface area contributed by atoms with Gasteiger partial charge in [-0.15, -0.1) is 0 Å². The molecule has 1 amide bonds. The van der Waals surface area contributed by atoms with Crippen molar-refractivity contribution < 1.29 is 9.53 Å². The molecular weight excluding hydrogens is 314 g/mol. The first kappa shape index (κ1) is 16.2. The van der Waals surface area contributed by atoms with Gasteiger partial charge in [-0.2, -0.15) is 5.10 Å². The standard InChI is InChI=1S/C20H25N3O2/c1-14(2)23-17(9-12-21-23)19(24)22-16-13-20(10-5-6-11-20)25-18-8-4-3-7-15(16)18/h3-4,7-9,12,14,16H,5-6,10-11,13H2,1-2H3,(H,22,24). The Balaban J connectivity index is 1.62. The summed E-state index contributed by atoms with van der Waals surface area (Å²) in [4.78, 5) is 12.9. The van der Waals surface area contributed by atoms with Crippen molar-refractivity contribution in [3.05, 3.63) is 47.8 Å². The number of nitrogens with zero attached hydrogens (tertiary/aromatic N) is 2. The molecule has 0 saturated heterocycles. The van der Waals surface area contributed by atoms with E-state index in [1.54, 1.807) is 16.9 Å². The van der Waals surface area contributed by atoms with Crippen molar-refractivity contribution in [3.8, 4) is 5.75 Å². The topological polar surface area (TPSA) is 56.2 Å². The number of hydrogen-bond acceptors (Lipinski definition) is 3. The second-order valence-corrected chi connectivity index (χ2v) is 7.51. The number of carbonyl (C=O) groups excluding carboxylic acids is 1. The normalized spacial score (nSPS) is 21.2. The van der Waals surface area contributed by atoms with Crippen LogP contribution in [0, 0.1) is 0 Å². The van der Waals surface area contributed by atoms with Gasteiger partial charge in [0.05, 0.1) is 6.04 Å². The van der Waals surface area contributed by atoms with Crippen LogP contribution in [0.25, 0.3) is 0 Å². The molecule has 1 atom stereocenters. The monoisotopic (exact) mass is 339 g/mol. The number of carbonyl (C=O) groups is 1. The van der Waals surface area contributed by atoms with Crippen LogP contribution in [0.1, 0.15) is 74.1 Å². The smallest absolute Gasteiger partial charge is 0.270 e. The molecule has 1 aromatic heterocycles. The third kappa shape index (κ3) is 2.92. The number of hydrogen-bond donors (Lipinski definition) is 1. The average Bonchev–Trinajstić information content (AvgIpc) is 3.24. The molecule has 1 N–H and O–H groups in total. The van der Waals surface area contributed by atoms with Crippen molar-refractivity contribution >= 4 is 5.91 Å². The Hall–Kier alpha value is -2.30. The first-order valence-electron chi connectivity index (χ1n) is 9.20. The van der Waals surface area contributed by atoms with E-state index in [2.05, 4.69) is 16.5 Å². The SMILES string of the molecule is CC(C)n1nccc1C(=O)NC1CC2(CCCC2)Oc2ccccc21. The Morgan fingerprint density at radius 1 is 1.28 bits per heavy atom. The van der Waals surface area contributed by atoms with E-state index in [9.17, 15) is 4.79 Å². The van der Waals surface area contributed by atoms with Crippen molar-refractivity contribution in [1.29, 1.82) is 0 Å². The number of benzene rings is 1. The molecule has 1 aliphatic carbocycles. The lowest BCUT2D eigenvalue weighted by atomic mass is 9.86. The van der Waals surface area contributed by atoms with Crippen LogP contribution in [0.5, 0.6) is 5.75 Å². The van der Waals surface area contributed by atoms with Crippen molar-refractivity contribution in [2.24, 2.45) is 0 Å². The molecule has 2 heterocycles. The van der Waals surface area contributed by atoms with E-state index in [4.69, 9.17) is 4.74 Å². The predicted molar refractivity (Wildman–Crippen MR) is 95.7 cm³/mol. The summed E-state index contributed by atoms with van der Waals surface area (Å²) in [5.41, 5.74) is 1.56. The van der Waals surface area contributed by atoms with E-state index in [0.717, 1.165) is 30.6 Å². The fourth-order valence-corrected chi connectivity index (χ4v) is 4.21. The number of amides is 1. The van der Waals surface area contributed by atoms with Crippen molar-refractivity contribution in [2.45, 2.75) is 63.6 Å². The first-order valence-corrected chi connectivity index (χ1v) is 9.20. The van der Waals surface area contributed by atoms with E-state index in [0.29, 0.717) is 5.69 Å². The van der Waals surface area contributed by atoms with Gasteiger partial charge in [-0.25, -0.2) is 0 Å². The zero-order valence-electron chi connectivity index (χ0n) is 14.9. The Morgan fingerprint density at radius 3 is 2.80 bits per heavy atom. The number of nitrogens with one attached hydrogen (secondary N) is 1. The number of rotatable bonds is 3. The summed E-state index contributed by atoms with van der Waals surface area (Å²) in [5, 5.41) is 7.52. The summed E-state index contributed by atoms with van der Waals surface area (Å²) >= 11 is 0. The fraction of sp³-hybridized carbons (Fsp3) is 0.500. The van der Waals surface area contributed by atoms with Crippen LogP contribution in [-0.4, -0.2) is 21.3 Å². The van der Waals surface area contributed by atoms with Crippen molar-refractivity contribution in [2.75, 3.05) is 0 Å². The summed E-state index contributed by atoms with van der Waals surface area (Å²) in [5.74, 6) is 0.847. The molecule has 1 aliphatic heterocycles. The minimum Gasteiger partial charge on any atom is -0.487 e. The predicted octanol–water partition coefficient (Wildman–Crippen LogP) is 4.03. The van der Waals surface area contributed by atoms with Crippen LogP contribution in [0.2, 0.25) is 0 Å². The summed E-state index contributed by atoms with van der Waals surface area (Å²) in [6.45, 7) is 4.06. The molecule has 5 nitrogen and oxygen atoms in total. The highest BCUT2D eigenvalue weighted by Gasteiger charge is 2.43. The quantitative estimate of drug-likeness (QED) is 0.918. The molecule has 25 heavy (non-hydrogen) atoms. The maximum absolute atomic E-state index is 12.9. The van der Waals surface area contributed by atoms with Crippen LogP contribution < -0.4 is 10.1 Å². The third-order valence-corrected chi connectivity index (χ3v) is 5.41. The Bertz CT molecular complexity index is 775. The highest BCUT2D eigenvalue weighted by atomic mass is 16.5. The molecule has 5 heteroatoms. The second kappa shape index (κ2) is 6.21. The number of aromatic nitrogens is 2. The molecule has 1 fully saturated rings. The van der Waals surface area contributed by atoms with Gasteiger partial charge in [-0.05, 0) is 51.7 Å². The van der Waals surface area contributed by atoms with E-state index in [1.807, 2.05) is 32.0 Å². The van der Waals surface area contributed by atoms with Gasteiger partial charge >= 0.3 is 0 Å². The van der Waals surface area contributed by atoms with Crippen LogP contribution in [-0.2, 0) is 0 Å². The molecule has 0 radical (unpaired) electrons. The zero-order chi connectivity index (χ0) is 17.4. The van der Waals surface area contributed by atoms with Gasteiger partial charge in [0.1, 0.15) is 17.0 Å². The number of fused-ring (bicyclic) bond motifs is 1. The highest BCUT2D eigenvalue weighted by Crippen LogP contribution is 2.47. The van der Waals surface area contributed by atoms with Crippen LogP contribution in [0.15, 0.2) is 36.5 Å². The van der Waals surface area contributed by atoms with Crippen LogP contribution >= 0.6 is 0 Å². The lowest BCUT2D eigenvalue weighted by Crippen LogP contribution is -2.43. The maximum Gasteiger partial charge on any atom is 0.270 e. The summed E-state index contributed by atoms with van der Waals surface area (Å²) in [6, 6.07) is 10.00. The molecule has 1 saturated carbocycles. The van der Waals surface area contributed by atoms with Gasteiger partial charge in [-0.1, -0.05) is 18.2 Å². The number of para-hydroxylation sites is 1. The third-order valence-electron chi connectivity index (χ3n) is 5.41. The summed E-state index contributed by atoms with van der Waals surface area (Å²) < 4.78 is 8.15. The molecule has 1 unspecified atom stereocenters. The van der Waals surface area contributed by atoms with E-state index in [1.165, 1.54) is 12.8 Å². The summed E-state index contributed by atoms with van der Waals surface area (Å²) in [7, 11) is 0. The Kier molecular flexibility index (Phi) is 4.02. The van der Waals surface area contributed by atoms with Gasteiger partial charge in [-0.3, -0.25) is 9.48 Å². The van der Waals surface area contributed by atoms with E-state index in [-0.39, 0.29) is 23.6 Å². The first-order chi connectivity index (χ1) is 12.1. The zero-order valence-corrected chi connectivity index (χ0v) is 14.9. The van der Waals surface area contributed by atoms with Gasteiger partial charge in [0.2, 0.25) is 0 Å². The largest absolute Gasteiger partial charge is 0.487 e. The van der Waals surface area contributed by atoms with Crippen LogP contribution in [0.4, 0.5) is 0 Å². The molecule has 1 spiro atoms. The molecule has 0 bridgehead atoms. The maximum atomic E-state index is 12.9. The van der Waals surface area contributed by atoms with Crippen molar-refractivity contribution in [3.63, 3.8) is 0 Å². The van der Waals surface area contributed by atoms with Gasteiger partial charge < -0.3 is 10.1 Å². The lowest BCUT2D eigenvalue weighted by Gasteiger charge is -2.40.